The van der Waals surface area contributed by atoms with Gasteiger partial charge in [-0.25, -0.2) is 4.39 Å². The average Bonchev–Trinajstić information content (AvgIpc) is 2.39. The molecule has 0 unspecified atom stereocenters. The Bertz CT molecular complexity index is 632. The lowest BCUT2D eigenvalue weighted by Gasteiger charge is -2.08. The van der Waals surface area contributed by atoms with Crippen molar-refractivity contribution in [2.45, 2.75) is 6.54 Å². The largest absolute Gasteiger partial charge is 0.450 e. The Balaban J connectivity index is 2.31. The summed E-state index contributed by atoms with van der Waals surface area (Å²) in [6, 6.07) is 10.2. The molecule has 20 heavy (non-hydrogen) atoms. The third-order valence-electron chi connectivity index (χ3n) is 2.63. The van der Waals surface area contributed by atoms with Gasteiger partial charge in [-0.3, -0.25) is 10.1 Å². The topological polar surface area (TPSA) is 64.4 Å². The summed E-state index contributed by atoms with van der Waals surface area (Å²) in [6.07, 6.45) is 0. The SMILES string of the molecule is CNCc1cccc(Oc2cc(F)ccc2[N+](=O)[O-])c1. The summed E-state index contributed by atoms with van der Waals surface area (Å²) in [5.74, 6) is -0.278. The van der Waals surface area contributed by atoms with Crippen LogP contribution in [0.15, 0.2) is 42.5 Å². The predicted molar refractivity (Wildman–Crippen MR) is 72.3 cm³/mol. The summed E-state index contributed by atoms with van der Waals surface area (Å²) < 4.78 is 18.6. The standard InChI is InChI=1S/C14H13FN2O3/c1-16-9-10-3-2-4-12(7-10)20-14-8-11(15)5-6-13(14)17(18)19/h2-8,16H,9H2,1H3. The van der Waals surface area contributed by atoms with Gasteiger partial charge in [-0.1, -0.05) is 12.1 Å². The van der Waals surface area contributed by atoms with Gasteiger partial charge in [0.05, 0.1) is 4.92 Å². The quantitative estimate of drug-likeness (QED) is 0.672. The smallest absolute Gasteiger partial charge is 0.311 e. The first-order valence-electron chi connectivity index (χ1n) is 5.95. The van der Waals surface area contributed by atoms with Crippen LogP contribution in [0.2, 0.25) is 0 Å². The molecule has 2 aromatic rings. The van der Waals surface area contributed by atoms with E-state index in [0.717, 1.165) is 23.8 Å². The van der Waals surface area contributed by atoms with E-state index in [-0.39, 0.29) is 11.4 Å². The van der Waals surface area contributed by atoms with Crippen LogP contribution in [0.3, 0.4) is 0 Å². The molecule has 2 rings (SSSR count). The van der Waals surface area contributed by atoms with E-state index >= 15 is 0 Å². The molecule has 0 saturated heterocycles. The second kappa shape index (κ2) is 6.12. The van der Waals surface area contributed by atoms with Crippen molar-refractivity contribution in [1.29, 1.82) is 0 Å². The van der Waals surface area contributed by atoms with Crippen molar-refractivity contribution in [3.05, 3.63) is 64.0 Å². The summed E-state index contributed by atoms with van der Waals surface area (Å²) in [6.45, 7) is 0.641. The minimum Gasteiger partial charge on any atom is -0.450 e. The van der Waals surface area contributed by atoms with Crippen LogP contribution < -0.4 is 10.1 Å². The van der Waals surface area contributed by atoms with Gasteiger partial charge in [-0.2, -0.15) is 0 Å². The van der Waals surface area contributed by atoms with Gasteiger partial charge in [-0.05, 0) is 30.8 Å². The molecule has 0 aliphatic rings. The van der Waals surface area contributed by atoms with Crippen LogP contribution in [0.5, 0.6) is 11.5 Å². The fourth-order valence-electron chi connectivity index (χ4n) is 1.77. The van der Waals surface area contributed by atoms with Crippen LogP contribution in [0.25, 0.3) is 0 Å². The van der Waals surface area contributed by atoms with Gasteiger partial charge in [-0.15, -0.1) is 0 Å². The highest BCUT2D eigenvalue weighted by molar-refractivity contribution is 5.48. The van der Waals surface area contributed by atoms with Gasteiger partial charge in [0.2, 0.25) is 5.75 Å². The molecule has 0 atom stereocenters. The first-order valence-corrected chi connectivity index (χ1v) is 5.95. The molecule has 0 spiro atoms. The number of halogens is 1. The average molecular weight is 276 g/mol. The molecule has 6 heteroatoms. The van der Waals surface area contributed by atoms with Crippen molar-refractivity contribution in [2.75, 3.05) is 7.05 Å². The van der Waals surface area contributed by atoms with E-state index in [1.165, 1.54) is 0 Å². The first-order chi connectivity index (χ1) is 9.60. The summed E-state index contributed by atoms with van der Waals surface area (Å²) in [4.78, 5) is 10.3. The highest BCUT2D eigenvalue weighted by Crippen LogP contribution is 2.32. The number of rotatable bonds is 5. The highest BCUT2D eigenvalue weighted by atomic mass is 19.1. The predicted octanol–water partition coefficient (Wildman–Crippen LogP) is 3.25. The maximum absolute atomic E-state index is 13.2. The Labute approximate surface area is 115 Å². The summed E-state index contributed by atoms with van der Waals surface area (Å²) in [7, 11) is 1.81. The molecular formula is C14H13FN2O3. The molecular weight excluding hydrogens is 263 g/mol. The summed E-state index contributed by atoms with van der Waals surface area (Å²) >= 11 is 0. The van der Waals surface area contributed by atoms with Gasteiger partial charge in [0.15, 0.2) is 0 Å². The van der Waals surface area contributed by atoms with Crippen LogP contribution in [0.1, 0.15) is 5.56 Å². The van der Waals surface area contributed by atoms with Crippen molar-refractivity contribution < 1.29 is 14.1 Å². The number of hydrogen-bond donors (Lipinski definition) is 1. The van der Waals surface area contributed by atoms with Gasteiger partial charge in [0.1, 0.15) is 11.6 Å². The Morgan fingerprint density at radius 1 is 1.30 bits per heavy atom. The first kappa shape index (κ1) is 14.0. The van der Waals surface area contributed by atoms with Crippen LogP contribution in [0.4, 0.5) is 10.1 Å². The molecule has 2 aromatic carbocycles. The molecule has 0 radical (unpaired) electrons. The van der Waals surface area contributed by atoms with Crippen LogP contribution in [-0.2, 0) is 6.54 Å². The lowest BCUT2D eigenvalue weighted by atomic mass is 10.2. The van der Waals surface area contributed by atoms with E-state index in [4.69, 9.17) is 4.74 Å². The second-order valence-electron chi connectivity index (χ2n) is 4.15. The molecule has 0 heterocycles. The number of nitrogens with zero attached hydrogens (tertiary/aromatic N) is 1. The number of nitrogens with one attached hydrogen (secondary N) is 1. The van der Waals surface area contributed by atoms with Crippen LogP contribution in [0, 0.1) is 15.9 Å². The van der Waals surface area contributed by atoms with Crippen molar-refractivity contribution in [1.82, 2.24) is 5.32 Å². The fraction of sp³-hybridized carbons (Fsp3) is 0.143. The normalized spacial score (nSPS) is 10.3. The van der Waals surface area contributed by atoms with E-state index in [9.17, 15) is 14.5 Å². The monoisotopic (exact) mass is 276 g/mol. The van der Waals surface area contributed by atoms with Gasteiger partial charge in [0, 0.05) is 18.7 Å². The third-order valence-corrected chi connectivity index (χ3v) is 2.63. The molecule has 104 valence electrons. The van der Waals surface area contributed by atoms with E-state index < -0.39 is 10.7 Å². The molecule has 0 fully saturated rings. The summed E-state index contributed by atoms with van der Waals surface area (Å²) in [5.41, 5.74) is 0.689. The summed E-state index contributed by atoms with van der Waals surface area (Å²) in [5, 5.41) is 13.9. The molecule has 0 aliphatic carbocycles. The van der Waals surface area contributed by atoms with E-state index in [2.05, 4.69) is 5.32 Å². The number of nitro benzene ring substituents is 1. The molecule has 1 N–H and O–H groups in total. The van der Waals surface area contributed by atoms with Gasteiger partial charge >= 0.3 is 5.69 Å². The van der Waals surface area contributed by atoms with E-state index in [0.29, 0.717) is 12.3 Å². The van der Waals surface area contributed by atoms with Crippen LogP contribution >= 0.6 is 0 Å². The lowest BCUT2D eigenvalue weighted by Crippen LogP contribution is -2.04. The Hall–Kier alpha value is -2.47. The molecule has 0 amide bonds. The van der Waals surface area contributed by atoms with Crippen LogP contribution in [-0.4, -0.2) is 12.0 Å². The highest BCUT2D eigenvalue weighted by Gasteiger charge is 2.16. The molecule has 0 saturated carbocycles. The number of ether oxygens (including phenoxy) is 1. The maximum Gasteiger partial charge on any atom is 0.311 e. The Morgan fingerprint density at radius 2 is 2.10 bits per heavy atom. The van der Waals surface area contributed by atoms with Crippen molar-refractivity contribution in [2.24, 2.45) is 0 Å². The fourth-order valence-corrected chi connectivity index (χ4v) is 1.77. The molecule has 0 bridgehead atoms. The molecule has 0 aliphatic heterocycles. The maximum atomic E-state index is 13.2. The third kappa shape index (κ3) is 3.30. The Morgan fingerprint density at radius 3 is 2.80 bits per heavy atom. The van der Waals surface area contributed by atoms with Crippen molar-refractivity contribution in [3.63, 3.8) is 0 Å². The molecule has 0 aromatic heterocycles. The van der Waals surface area contributed by atoms with E-state index in [1.807, 2.05) is 13.1 Å². The number of hydrogen-bond acceptors (Lipinski definition) is 4. The van der Waals surface area contributed by atoms with Crippen molar-refractivity contribution >= 4 is 5.69 Å². The lowest BCUT2D eigenvalue weighted by molar-refractivity contribution is -0.385. The van der Waals surface area contributed by atoms with Crippen molar-refractivity contribution in [3.8, 4) is 11.5 Å². The zero-order chi connectivity index (χ0) is 14.5. The van der Waals surface area contributed by atoms with Gasteiger partial charge in [0.25, 0.3) is 0 Å². The zero-order valence-electron chi connectivity index (χ0n) is 10.8. The molecule has 5 nitrogen and oxygen atoms in total. The van der Waals surface area contributed by atoms with Gasteiger partial charge < -0.3 is 10.1 Å². The minimum absolute atomic E-state index is 0.114. The van der Waals surface area contributed by atoms with E-state index in [1.54, 1.807) is 18.2 Å². The second-order valence-corrected chi connectivity index (χ2v) is 4.15. The Kier molecular flexibility index (Phi) is 4.27. The zero-order valence-corrected chi connectivity index (χ0v) is 10.8. The number of nitro groups is 1. The minimum atomic E-state index is -0.605. The number of benzene rings is 2.